The minimum Gasteiger partial charge on any atom is -0.394 e. The molecule has 2 N–H and O–H groups in total. The van der Waals surface area contributed by atoms with E-state index < -0.39 is 0 Å². The number of rotatable bonds is 4. The average molecular weight is 254 g/mol. The van der Waals surface area contributed by atoms with E-state index in [0.717, 1.165) is 12.2 Å². The Morgan fingerprint density at radius 3 is 3.11 bits per heavy atom. The minimum absolute atomic E-state index is 0.00677. The quantitative estimate of drug-likeness (QED) is 0.832. The molecule has 100 valence electrons. The summed E-state index contributed by atoms with van der Waals surface area (Å²) in [6.07, 6.45) is -0.190. The summed E-state index contributed by atoms with van der Waals surface area (Å²) >= 11 is 0. The van der Waals surface area contributed by atoms with Crippen LogP contribution in [0.3, 0.4) is 0 Å². The lowest BCUT2D eigenvalue weighted by molar-refractivity contribution is 0.00351. The van der Waals surface area contributed by atoms with E-state index >= 15 is 0 Å². The van der Waals surface area contributed by atoms with Crippen LogP contribution in [-0.2, 0) is 11.3 Å². The third-order valence-corrected chi connectivity index (χ3v) is 3.13. The summed E-state index contributed by atoms with van der Waals surface area (Å²) in [4.78, 5) is 2.07. The SMILES string of the molecule is CNCc1c(F)cccc1N1CCOC(CO)C1. The number of nitrogens with one attached hydrogen (secondary N) is 1. The van der Waals surface area contributed by atoms with Crippen LogP contribution in [0.5, 0.6) is 0 Å². The van der Waals surface area contributed by atoms with Gasteiger partial charge in [-0.15, -0.1) is 0 Å². The first-order chi connectivity index (χ1) is 8.76. The first-order valence-corrected chi connectivity index (χ1v) is 6.15. The van der Waals surface area contributed by atoms with Gasteiger partial charge in [0.05, 0.1) is 19.3 Å². The third-order valence-electron chi connectivity index (χ3n) is 3.13. The van der Waals surface area contributed by atoms with Gasteiger partial charge in [0.1, 0.15) is 5.82 Å². The van der Waals surface area contributed by atoms with E-state index in [2.05, 4.69) is 10.2 Å². The molecular formula is C13H19FN2O2. The summed E-state index contributed by atoms with van der Waals surface area (Å²) in [5.74, 6) is -0.200. The van der Waals surface area contributed by atoms with E-state index in [1.165, 1.54) is 6.07 Å². The van der Waals surface area contributed by atoms with Crippen LogP contribution in [0, 0.1) is 5.82 Å². The van der Waals surface area contributed by atoms with Gasteiger partial charge in [-0.05, 0) is 19.2 Å². The second-order valence-electron chi connectivity index (χ2n) is 4.39. The van der Waals surface area contributed by atoms with Crippen molar-refractivity contribution in [3.05, 3.63) is 29.6 Å². The van der Waals surface area contributed by atoms with Crippen molar-refractivity contribution in [3.8, 4) is 0 Å². The van der Waals surface area contributed by atoms with Gasteiger partial charge in [0.2, 0.25) is 0 Å². The molecule has 1 atom stereocenters. The van der Waals surface area contributed by atoms with Gasteiger partial charge in [0.15, 0.2) is 0 Å². The Morgan fingerprint density at radius 1 is 1.56 bits per heavy atom. The summed E-state index contributed by atoms with van der Waals surface area (Å²) < 4.78 is 19.2. The number of hydrogen-bond acceptors (Lipinski definition) is 4. The first-order valence-electron chi connectivity index (χ1n) is 6.15. The fraction of sp³-hybridized carbons (Fsp3) is 0.538. The first kappa shape index (κ1) is 13.3. The second-order valence-corrected chi connectivity index (χ2v) is 4.39. The van der Waals surface area contributed by atoms with E-state index in [1.54, 1.807) is 13.1 Å². The molecule has 1 aromatic rings. The fourth-order valence-electron chi connectivity index (χ4n) is 2.24. The monoisotopic (exact) mass is 254 g/mol. The van der Waals surface area contributed by atoms with Crippen LogP contribution in [0.2, 0.25) is 0 Å². The molecule has 1 aliphatic heterocycles. The Labute approximate surface area is 106 Å². The third kappa shape index (κ3) is 2.80. The molecule has 1 fully saturated rings. The lowest BCUT2D eigenvalue weighted by atomic mass is 10.1. The van der Waals surface area contributed by atoms with Crippen molar-refractivity contribution in [2.45, 2.75) is 12.6 Å². The van der Waals surface area contributed by atoms with Crippen molar-refractivity contribution < 1.29 is 14.2 Å². The van der Waals surface area contributed by atoms with Crippen LogP contribution in [0.4, 0.5) is 10.1 Å². The predicted octanol–water partition coefficient (Wildman–Crippen LogP) is 0.743. The Balaban J connectivity index is 2.23. The van der Waals surface area contributed by atoms with Crippen molar-refractivity contribution in [1.29, 1.82) is 0 Å². The smallest absolute Gasteiger partial charge is 0.129 e. The molecule has 0 bridgehead atoms. The summed E-state index contributed by atoms with van der Waals surface area (Å²) in [6.45, 7) is 2.35. The van der Waals surface area contributed by atoms with Gasteiger partial charge in [0, 0.05) is 30.9 Å². The van der Waals surface area contributed by atoms with Crippen molar-refractivity contribution in [2.75, 3.05) is 38.3 Å². The highest BCUT2D eigenvalue weighted by atomic mass is 19.1. The van der Waals surface area contributed by atoms with Gasteiger partial charge in [-0.2, -0.15) is 0 Å². The van der Waals surface area contributed by atoms with Crippen LogP contribution in [-0.4, -0.2) is 44.6 Å². The average Bonchev–Trinajstić information content (AvgIpc) is 2.41. The van der Waals surface area contributed by atoms with Gasteiger partial charge in [-0.25, -0.2) is 4.39 Å². The number of halogens is 1. The largest absolute Gasteiger partial charge is 0.394 e. The maximum Gasteiger partial charge on any atom is 0.129 e. The Kier molecular flexibility index (Phi) is 4.52. The molecule has 4 nitrogen and oxygen atoms in total. The Hall–Kier alpha value is -1.17. The van der Waals surface area contributed by atoms with Gasteiger partial charge in [-0.3, -0.25) is 0 Å². The standard InChI is InChI=1S/C13H19FN2O2/c1-15-7-11-12(14)3-2-4-13(11)16-5-6-18-10(8-16)9-17/h2-4,10,15,17H,5-9H2,1H3. The number of aliphatic hydroxyl groups excluding tert-OH is 1. The molecule has 5 heteroatoms. The molecule has 1 aliphatic rings. The summed E-state index contributed by atoms with van der Waals surface area (Å²) in [7, 11) is 1.80. The number of nitrogens with zero attached hydrogens (tertiary/aromatic N) is 1. The topological polar surface area (TPSA) is 44.7 Å². The maximum atomic E-state index is 13.8. The highest BCUT2D eigenvalue weighted by Crippen LogP contribution is 2.25. The molecule has 18 heavy (non-hydrogen) atoms. The fourth-order valence-corrected chi connectivity index (χ4v) is 2.24. The van der Waals surface area contributed by atoms with E-state index in [4.69, 9.17) is 9.84 Å². The minimum atomic E-state index is -0.200. The molecular weight excluding hydrogens is 235 g/mol. The zero-order valence-corrected chi connectivity index (χ0v) is 10.5. The number of aliphatic hydroxyl groups is 1. The maximum absolute atomic E-state index is 13.8. The van der Waals surface area contributed by atoms with E-state index in [9.17, 15) is 4.39 Å². The van der Waals surface area contributed by atoms with E-state index in [1.807, 2.05) is 6.07 Å². The van der Waals surface area contributed by atoms with Gasteiger partial charge < -0.3 is 20.1 Å². The highest BCUT2D eigenvalue weighted by molar-refractivity contribution is 5.54. The lowest BCUT2D eigenvalue weighted by Gasteiger charge is -2.35. The molecule has 0 amide bonds. The van der Waals surface area contributed by atoms with Gasteiger partial charge >= 0.3 is 0 Å². The summed E-state index contributed by atoms with van der Waals surface area (Å²) in [6, 6.07) is 5.10. The normalized spacial score (nSPS) is 20.2. The molecule has 0 aliphatic carbocycles. The zero-order valence-electron chi connectivity index (χ0n) is 10.5. The Morgan fingerprint density at radius 2 is 2.39 bits per heavy atom. The van der Waals surface area contributed by atoms with Crippen molar-refractivity contribution >= 4 is 5.69 Å². The van der Waals surface area contributed by atoms with Crippen LogP contribution in [0.25, 0.3) is 0 Å². The molecule has 0 radical (unpaired) electrons. The van der Waals surface area contributed by atoms with Crippen molar-refractivity contribution in [3.63, 3.8) is 0 Å². The van der Waals surface area contributed by atoms with Crippen LogP contribution >= 0.6 is 0 Å². The number of benzene rings is 1. The number of morpholine rings is 1. The lowest BCUT2D eigenvalue weighted by Crippen LogP contribution is -2.44. The molecule has 1 unspecified atom stereocenters. The van der Waals surface area contributed by atoms with E-state index in [-0.39, 0.29) is 18.5 Å². The molecule has 0 spiro atoms. The van der Waals surface area contributed by atoms with Gasteiger partial charge in [0.25, 0.3) is 0 Å². The van der Waals surface area contributed by atoms with Crippen LogP contribution in [0.1, 0.15) is 5.56 Å². The molecule has 2 rings (SSSR count). The van der Waals surface area contributed by atoms with Crippen LogP contribution in [0.15, 0.2) is 18.2 Å². The molecule has 1 heterocycles. The highest BCUT2D eigenvalue weighted by Gasteiger charge is 2.22. The van der Waals surface area contributed by atoms with Crippen LogP contribution < -0.4 is 10.2 Å². The zero-order chi connectivity index (χ0) is 13.0. The number of anilines is 1. The predicted molar refractivity (Wildman–Crippen MR) is 68.2 cm³/mol. The van der Waals surface area contributed by atoms with Crippen molar-refractivity contribution in [2.24, 2.45) is 0 Å². The Bertz CT molecular complexity index is 401. The molecule has 0 saturated carbocycles. The molecule has 1 saturated heterocycles. The molecule has 1 aromatic carbocycles. The molecule has 0 aromatic heterocycles. The number of ether oxygens (including phenoxy) is 1. The second kappa shape index (κ2) is 6.13. The van der Waals surface area contributed by atoms with E-state index in [0.29, 0.717) is 25.3 Å². The summed E-state index contributed by atoms with van der Waals surface area (Å²) in [5, 5.41) is 12.1. The van der Waals surface area contributed by atoms with Gasteiger partial charge in [-0.1, -0.05) is 6.07 Å². The van der Waals surface area contributed by atoms with Crippen molar-refractivity contribution in [1.82, 2.24) is 5.32 Å². The number of hydrogen-bond donors (Lipinski definition) is 2. The summed E-state index contributed by atoms with van der Waals surface area (Å²) in [5.41, 5.74) is 1.55.